The first-order chi connectivity index (χ1) is 9.54. The van der Waals surface area contributed by atoms with Crippen molar-refractivity contribution in [2.24, 2.45) is 5.92 Å². The van der Waals surface area contributed by atoms with E-state index in [1.54, 1.807) is 12.1 Å². The molecule has 1 aliphatic carbocycles. The van der Waals surface area contributed by atoms with E-state index in [9.17, 15) is 4.39 Å². The number of halogens is 1. The number of anilines is 1. The molecule has 0 spiro atoms. The van der Waals surface area contributed by atoms with Gasteiger partial charge in [-0.3, -0.25) is 0 Å². The molecular weight excluding hydrogens is 251 g/mol. The second kappa shape index (κ2) is 6.57. The Morgan fingerprint density at radius 3 is 2.75 bits per heavy atom. The Morgan fingerprint density at radius 1 is 1.35 bits per heavy atom. The van der Waals surface area contributed by atoms with Crippen LogP contribution in [0, 0.1) is 11.7 Å². The van der Waals surface area contributed by atoms with E-state index >= 15 is 0 Å². The molecule has 20 heavy (non-hydrogen) atoms. The molecule has 1 aromatic rings. The van der Waals surface area contributed by atoms with E-state index in [4.69, 9.17) is 0 Å². The minimum Gasteiger partial charge on any atom is -0.369 e. The lowest BCUT2D eigenvalue weighted by Gasteiger charge is -2.37. The second-order valence-electron chi connectivity index (χ2n) is 6.22. The van der Waals surface area contributed by atoms with Crippen LogP contribution in [0.4, 0.5) is 10.1 Å². The SMILES string of the molecule is CNC(C)c1cccc(F)c1N(C)C1CCCC(C)C1. The van der Waals surface area contributed by atoms with Crippen LogP contribution < -0.4 is 10.2 Å². The quantitative estimate of drug-likeness (QED) is 0.891. The molecule has 0 aromatic heterocycles. The zero-order valence-electron chi connectivity index (χ0n) is 13.1. The third kappa shape index (κ3) is 3.14. The third-order valence-corrected chi connectivity index (χ3v) is 4.73. The number of benzene rings is 1. The van der Waals surface area contributed by atoms with Crippen LogP contribution >= 0.6 is 0 Å². The molecule has 0 bridgehead atoms. The average Bonchev–Trinajstić information content (AvgIpc) is 2.45. The van der Waals surface area contributed by atoms with Crippen LogP contribution in [0.25, 0.3) is 0 Å². The summed E-state index contributed by atoms with van der Waals surface area (Å²) >= 11 is 0. The van der Waals surface area contributed by atoms with Crippen molar-refractivity contribution >= 4 is 5.69 Å². The Hall–Kier alpha value is -1.09. The highest BCUT2D eigenvalue weighted by molar-refractivity contribution is 5.56. The molecule has 3 atom stereocenters. The van der Waals surface area contributed by atoms with E-state index in [2.05, 4.69) is 24.1 Å². The molecule has 1 saturated carbocycles. The molecular formula is C17H27FN2. The first-order valence-electron chi connectivity index (χ1n) is 7.73. The van der Waals surface area contributed by atoms with E-state index in [1.807, 2.05) is 20.2 Å². The number of para-hydroxylation sites is 1. The zero-order chi connectivity index (χ0) is 14.7. The molecule has 112 valence electrons. The van der Waals surface area contributed by atoms with Gasteiger partial charge >= 0.3 is 0 Å². The maximum atomic E-state index is 14.4. The van der Waals surface area contributed by atoms with Gasteiger partial charge in [0.15, 0.2) is 0 Å². The molecule has 1 aliphatic rings. The van der Waals surface area contributed by atoms with Gasteiger partial charge in [-0.05, 0) is 44.4 Å². The molecule has 2 nitrogen and oxygen atoms in total. The van der Waals surface area contributed by atoms with Crippen LogP contribution in [0.5, 0.6) is 0 Å². The summed E-state index contributed by atoms with van der Waals surface area (Å²) in [6.07, 6.45) is 4.89. The molecule has 2 rings (SSSR count). The van der Waals surface area contributed by atoms with Crippen LogP contribution in [0.15, 0.2) is 18.2 Å². The molecule has 1 aromatic carbocycles. The molecule has 0 amide bonds. The van der Waals surface area contributed by atoms with E-state index < -0.39 is 0 Å². The first-order valence-corrected chi connectivity index (χ1v) is 7.73. The number of rotatable bonds is 4. The molecule has 3 heteroatoms. The highest BCUT2D eigenvalue weighted by Crippen LogP contribution is 2.34. The van der Waals surface area contributed by atoms with Crippen molar-refractivity contribution in [3.05, 3.63) is 29.6 Å². The number of nitrogens with zero attached hydrogens (tertiary/aromatic N) is 1. The summed E-state index contributed by atoms with van der Waals surface area (Å²) in [5, 5.41) is 3.22. The molecule has 3 unspecified atom stereocenters. The number of hydrogen-bond donors (Lipinski definition) is 1. The average molecular weight is 278 g/mol. The number of nitrogens with one attached hydrogen (secondary N) is 1. The second-order valence-corrected chi connectivity index (χ2v) is 6.22. The van der Waals surface area contributed by atoms with Gasteiger partial charge in [-0.2, -0.15) is 0 Å². The monoisotopic (exact) mass is 278 g/mol. The van der Waals surface area contributed by atoms with Crippen molar-refractivity contribution in [3.8, 4) is 0 Å². The van der Waals surface area contributed by atoms with E-state index in [0.29, 0.717) is 6.04 Å². The van der Waals surface area contributed by atoms with Crippen molar-refractivity contribution in [1.29, 1.82) is 0 Å². The van der Waals surface area contributed by atoms with Gasteiger partial charge in [-0.1, -0.05) is 31.9 Å². The van der Waals surface area contributed by atoms with Crippen LogP contribution in [-0.4, -0.2) is 20.1 Å². The Kier molecular flexibility index (Phi) is 5.03. The summed E-state index contributed by atoms with van der Waals surface area (Å²) in [5.41, 5.74) is 1.82. The lowest BCUT2D eigenvalue weighted by Crippen LogP contribution is -2.37. The fourth-order valence-corrected chi connectivity index (χ4v) is 3.35. The predicted octanol–water partition coefficient (Wildman–Crippen LogP) is 4.12. The topological polar surface area (TPSA) is 15.3 Å². The van der Waals surface area contributed by atoms with E-state index in [-0.39, 0.29) is 11.9 Å². The van der Waals surface area contributed by atoms with Gasteiger partial charge in [0.05, 0.1) is 5.69 Å². The van der Waals surface area contributed by atoms with Gasteiger partial charge in [0, 0.05) is 19.1 Å². The lowest BCUT2D eigenvalue weighted by molar-refractivity contribution is 0.334. The standard InChI is InChI=1S/C17H27FN2/c1-12-7-5-8-14(11-12)20(4)17-15(13(2)19-3)9-6-10-16(17)18/h6,9-10,12-14,19H,5,7-8,11H2,1-4H3. The Bertz CT molecular complexity index is 447. The summed E-state index contributed by atoms with van der Waals surface area (Å²) in [4.78, 5) is 2.17. The largest absolute Gasteiger partial charge is 0.369 e. The maximum Gasteiger partial charge on any atom is 0.146 e. The van der Waals surface area contributed by atoms with Crippen molar-refractivity contribution in [2.75, 3.05) is 19.0 Å². The molecule has 0 heterocycles. The van der Waals surface area contributed by atoms with Gasteiger partial charge in [0.2, 0.25) is 0 Å². The van der Waals surface area contributed by atoms with E-state index in [0.717, 1.165) is 23.6 Å². The predicted molar refractivity (Wildman–Crippen MR) is 83.7 cm³/mol. The van der Waals surface area contributed by atoms with E-state index in [1.165, 1.54) is 19.3 Å². The molecule has 0 aliphatic heterocycles. The normalized spacial score (nSPS) is 24.4. The van der Waals surface area contributed by atoms with Crippen LogP contribution in [0.2, 0.25) is 0 Å². The minimum absolute atomic E-state index is 0.106. The van der Waals surface area contributed by atoms with Gasteiger partial charge in [-0.15, -0.1) is 0 Å². The molecule has 1 fully saturated rings. The van der Waals surface area contributed by atoms with Gasteiger partial charge < -0.3 is 10.2 Å². The first kappa shape index (κ1) is 15.3. The summed E-state index contributed by atoms with van der Waals surface area (Å²) in [6.45, 7) is 4.38. The molecule has 0 saturated heterocycles. The van der Waals surface area contributed by atoms with Gasteiger partial charge in [-0.25, -0.2) is 4.39 Å². The fraction of sp³-hybridized carbons (Fsp3) is 0.647. The fourth-order valence-electron chi connectivity index (χ4n) is 3.35. The van der Waals surface area contributed by atoms with Crippen LogP contribution in [0.1, 0.15) is 51.1 Å². The summed E-state index contributed by atoms with van der Waals surface area (Å²) in [7, 11) is 3.97. The highest BCUT2D eigenvalue weighted by Gasteiger charge is 2.26. The molecule has 1 N–H and O–H groups in total. The summed E-state index contributed by atoms with van der Waals surface area (Å²) in [5.74, 6) is 0.637. The van der Waals surface area contributed by atoms with Crippen molar-refractivity contribution < 1.29 is 4.39 Å². The third-order valence-electron chi connectivity index (χ3n) is 4.73. The summed E-state index contributed by atoms with van der Waals surface area (Å²) < 4.78 is 14.4. The maximum absolute atomic E-state index is 14.4. The molecule has 0 radical (unpaired) electrons. The summed E-state index contributed by atoms with van der Waals surface area (Å²) in [6, 6.07) is 6.02. The number of hydrogen-bond acceptors (Lipinski definition) is 2. The Balaban J connectivity index is 2.30. The van der Waals surface area contributed by atoms with Crippen LogP contribution in [0.3, 0.4) is 0 Å². The van der Waals surface area contributed by atoms with Gasteiger partial charge in [0.1, 0.15) is 5.82 Å². The highest BCUT2D eigenvalue weighted by atomic mass is 19.1. The zero-order valence-corrected chi connectivity index (χ0v) is 13.1. The Morgan fingerprint density at radius 2 is 2.10 bits per heavy atom. The van der Waals surface area contributed by atoms with Crippen LogP contribution in [-0.2, 0) is 0 Å². The van der Waals surface area contributed by atoms with Crippen molar-refractivity contribution in [2.45, 2.75) is 51.6 Å². The lowest BCUT2D eigenvalue weighted by atomic mass is 9.86. The Labute approximate surface area is 122 Å². The van der Waals surface area contributed by atoms with Gasteiger partial charge in [0.25, 0.3) is 0 Å². The minimum atomic E-state index is -0.106. The van der Waals surface area contributed by atoms with Crippen molar-refractivity contribution in [3.63, 3.8) is 0 Å². The smallest absolute Gasteiger partial charge is 0.146 e. The van der Waals surface area contributed by atoms with Crippen molar-refractivity contribution in [1.82, 2.24) is 5.32 Å².